The Morgan fingerprint density at radius 2 is 1.78 bits per heavy atom. The molecule has 5 heteroatoms. The topological polar surface area (TPSA) is 72.5 Å². The molecule has 0 aromatic heterocycles. The number of benzene rings is 1. The molecule has 0 bridgehead atoms. The first-order valence-corrected chi connectivity index (χ1v) is 5.55. The number of ether oxygens (including phenoxy) is 1. The van der Waals surface area contributed by atoms with E-state index in [0.717, 1.165) is 0 Å². The highest BCUT2D eigenvalue weighted by molar-refractivity contribution is 5.96. The minimum Gasteiger partial charge on any atom is -0.469 e. The molecule has 96 valence electrons. The zero-order valence-electron chi connectivity index (χ0n) is 10.1. The fourth-order valence-corrected chi connectivity index (χ4v) is 1.30. The number of carbonyl (C=O) groups excluding carboxylic acids is 3. The summed E-state index contributed by atoms with van der Waals surface area (Å²) in [7, 11) is 1.27. The molecule has 1 amide bonds. The Bertz CT molecular complexity index is 428. The van der Waals surface area contributed by atoms with Gasteiger partial charge in [0.05, 0.1) is 20.1 Å². The molecule has 0 aliphatic carbocycles. The summed E-state index contributed by atoms with van der Waals surface area (Å²) in [6.45, 7) is -0.0786. The molecular weight excluding hydrogens is 234 g/mol. The van der Waals surface area contributed by atoms with Crippen molar-refractivity contribution in [3.63, 3.8) is 0 Å². The smallest absolute Gasteiger partial charge is 0.305 e. The Morgan fingerprint density at radius 3 is 2.39 bits per heavy atom. The first-order valence-electron chi connectivity index (χ1n) is 5.55. The molecular formula is C13H15NO4. The van der Waals surface area contributed by atoms with Crippen molar-refractivity contribution in [2.24, 2.45) is 0 Å². The zero-order valence-corrected chi connectivity index (χ0v) is 10.1. The van der Waals surface area contributed by atoms with Crippen molar-refractivity contribution in [3.8, 4) is 0 Å². The molecule has 0 aliphatic heterocycles. The monoisotopic (exact) mass is 249 g/mol. The highest BCUT2D eigenvalue weighted by Crippen LogP contribution is 1.98. The third kappa shape index (κ3) is 4.78. The minimum atomic E-state index is -0.433. The van der Waals surface area contributed by atoms with E-state index in [1.54, 1.807) is 30.3 Å². The van der Waals surface area contributed by atoms with Crippen molar-refractivity contribution in [2.75, 3.05) is 13.7 Å². The molecule has 0 aliphatic rings. The van der Waals surface area contributed by atoms with Gasteiger partial charge in [0.15, 0.2) is 5.78 Å². The van der Waals surface area contributed by atoms with Crippen molar-refractivity contribution in [3.05, 3.63) is 35.9 Å². The molecule has 0 radical (unpaired) electrons. The van der Waals surface area contributed by atoms with Crippen LogP contribution in [0.3, 0.4) is 0 Å². The summed E-state index contributed by atoms with van der Waals surface area (Å²) in [6, 6.07) is 8.61. The van der Waals surface area contributed by atoms with Crippen LogP contribution in [-0.4, -0.2) is 31.3 Å². The molecule has 0 atom stereocenters. The van der Waals surface area contributed by atoms with Crippen LogP contribution in [-0.2, 0) is 14.3 Å². The lowest BCUT2D eigenvalue weighted by Gasteiger charge is -2.04. The van der Waals surface area contributed by atoms with E-state index in [9.17, 15) is 14.4 Å². The van der Waals surface area contributed by atoms with E-state index in [4.69, 9.17) is 0 Å². The summed E-state index contributed by atoms with van der Waals surface area (Å²) in [5, 5.41) is 2.50. The number of carbonyl (C=O) groups is 3. The van der Waals surface area contributed by atoms with Gasteiger partial charge >= 0.3 is 5.97 Å². The van der Waals surface area contributed by atoms with Crippen LogP contribution in [0.1, 0.15) is 23.2 Å². The van der Waals surface area contributed by atoms with Crippen LogP contribution in [0.25, 0.3) is 0 Å². The predicted octanol–water partition coefficient (Wildman–Crippen LogP) is 0.939. The summed E-state index contributed by atoms with van der Waals surface area (Å²) in [5.41, 5.74) is 0.498. The molecule has 18 heavy (non-hydrogen) atoms. The van der Waals surface area contributed by atoms with E-state index < -0.39 is 5.97 Å². The summed E-state index contributed by atoms with van der Waals surface area (Å²) in [5.74, 6) is -0.940. The maximum Gasteiger partial charge on any atom is 0.305 e. The van der Waals surface area contributed by atoms with Gasteiger partial charge in [-0.05, 0) is 12.1 Å². The highest BCUT2D eigenvalue weighted by Gasteiger charge is 2.09. The highest BCUT2D eigenvalue weighted by atomic mass is 16.5. The van der Waals surface area contributed by atoms with Gasteiger partial charge in [-0.2, -0.15) is 0 Å². The van der Waals surface area contributed by atoms with Gasteiger partial charge in [0.2, 0.25) is 0 Å². The molecule has 1 aromatic rings. The third-order valence-electron chi connectivity index (χ3n) is 2.32. The Kier molecular flexibility index (Phi) is 5.57. The molecule has 5 nitrogen and oxygen atoms in total. The zero-order chi connectivity index (χ0) is 13.4. The molecule has 1 rings (SSSR count). The van der Waals surface area contributed by atoms with Crippen molar-refractivity contribution >= 4 is 17.7 Å². The van der Waals surface area contributed by atoms with E-state index in [1.165, 1.54) is 7.11 Å². The van der Waals surface area contributed by atoms with Gasteiger partial charge in [-0.25, -0.2) is 0 Å². The maximum absolute atomic E-state index is 11.6. The van der Waals surface area contributed by atoms with Crippen LogP contribution in [0, 0.1) is 0 Å². The molecule has 0 saturated carbocycles. The second-order valence-electron chi connectivity index (χ2n) is 3.66. The second-order valence-corrected chi connectivity index (χ2v) is 3.66. The quantitative estimate of drug-likeness (QED) is 0.761. The fraction of sp³-hybridized carbons (Fsp3) is 0.308. The van der Waals surface area contributed by atoms with Gasteiger partial charge in [0, 0.05) is 12.0 Å². The number of rotatable bonds is 6. The molecule has 0 saturated heterocycles. The lowest BCUT2D eigenvalue weighted by atomic mass is 10.2. The minimum absolute atomic E-state index is 0.0382. The van der Waals surface area contributed by atoms with Crippen molar-refractivity contribution in [2.45, 2.75) is 12.8 Å². The van der Waals surface area contributed by atoms with Gasteiger partial charge in [-0.1, -0.05) is 18.2 Å². The number of Topliss-reactive ketones (excluding diaryl/α,β-unsaturated/α-hetero) is 1. The molecule has 0 spiro atoms. The Labute approximate surface area is 105 Å². The Morgan fingerprint density at radius 1 is 1.11 bits per heavy atom. The number of nitrogens with one attached hydrogen (secondary N) is 1. The van der Waals surface area contributed by atoms with E-state index in [-0.39, 0.29) is 31.1 Å². The molecule has 0 unspecified atom stereocenters. The number of methoxy groups -OCH3 is 1. The second kappa shape index (κ2) is 7.21. The van der Waals surface area contributed by atoms with Crippen LogP contribution in [0.4, 0.5) is 0 Å². The van der Waals surface area contributed by atoms with Gasteiger partial charge in [0.1, 0.15) is 0 Å². The average Bonchev–Trinajstić information content (AvgIpc) is 2.42. The summed E-state index contributed by atoms with van der Waals surface area (Å²) in [4.78, 5) is 33.8. The van der Waals surface area contributed by atoms with Crippen LogP contribution in [0.2, 0.25) is 0 Å². The number of hydrogen-bond donors (Lipinski definition) is 1. The van der Waals surface area contributed by atoms with Crippen molar-refractivity contribution in [1.29, 1.82) is 0 Å². The number of amides is 1. The first-order chi connectivity index (χ1) is 8.63. The van der Waals surface area contributed by atoms with Gasteiger partial charge in [-0.15, -0.1) is 0 Å². The Hall–Kier alpha value is -2.17. The van der Waals surface area contributed by atoms with Gasteiger partial charge in [-0.3, -0.25) is 14.4 Å². The Balaban J connectivity index is 2.31. The molecule has 0 fully saturated rings. The predicted molar refractivity (Wildman–Crippen MR) is 65.0 cm³/mol. The lowest BCUT2D eigenvalue weighted by molar-refractivity contribution is -0.141. The van der Waals surface area contributed by atoms with E-state index in [2.05, 4.69) is 10.1 Å². The normalized spacial score (nSPS) is 9.61. The van der Waals surface area contributed by atoms with Gasteiger partial charge < -0.3 is 10.1 Å². The fourth-order valence-electron chi connectivity index (χ4n) is 1.30. The van der Waals surface area contributed by atoms with Crippen LogP contribution < -0.4 is 5.32 Å². The number of hydrogen-bond acceptors (Lipinski definition) is 4. The summed E-state index contributed by atoms with van der Waals surface area (Å²) >= 11 is 0. The number of esters is 1. The SMILES string of the molecule is COC(=O)CCC(=O)CNC(=O)c1ccccc1. The van der Waals surface area contributed by atoms with E-state index >= 15 is 0 Å². The van der Waals surface area contributed by atoms with E-state index in [0.29, 0.717) is 5.56 Å². The maximum atomic E-state index is 11.6. The van der Waals surface area contributed by atoms with Gasteiger partial charge in [0.25, 0.3) is 5.91 Å². The van der Waals surface area contributed by atoms with Crippen LogP contribution in [0.5, 0.6) is 0 Å². The van der Waals surface area contributed by atoms with Crippen molar-refractivity contribution < 1.29 is 19.1 Å². The van der Waals surface area contributed by atoms with Crippen molar-refractivity contribution in [1.82, 2.24) is 5.32 Å². The lowest BCUT2D eigenvalue weighted by Crippen LogP contribution is -2.29. The first kappa shape index (κ1) is 13.9. The standard InChI is InChI=1S/C13H15NO4/c1-18-12(16)8-7-11(15)9-14-13(17)10-5-3-2-4-6-10/h2-6H,7-9H2,1H3,(H,14,17). The molecule has 0 heterocycles. The van der Waals surface area contributed by atoms with Crippen LogP contribution >= 0.6 is 0 Å². The molecule has 1 N–H and O–H groups in total. The summed E-state index contributed by atoms with van der Waals surface area (Å²) < 4.78 is 4.42. The van der Waals surface area contributed by atoms with E-state index in [1.807, 2.05) is 0 Å². The summed E-state index contributed by atoms with van der Waals surface area (Å²) in [6.07, 6.45) is 0.109. The average molecular weight is 249 g/mol. The largest absolute Gasteiger partial charge is 0.469 e. The number of ketones is 1. The third-order valence-corrected chi connectivity index (χ3v) is 2.32. The molecule has 1 aromatic carbocycles. The van der Waals surface area contributed by atoms with Crippen LogP contribution in [0.15, 0.2) is 30.3 Å².